The summed E-state index contributed by atoms with van der Waals surface area (Å²) in [5.74, 6) is -1.02. The van der Waals surface area contributed by atoms with E-state index in [1.165, 1.54) is 13.2 Å². The Bertz CT molecular complexity index is 872. The molecular formula is C22H26FN3O3. The van der Waals surface area contributed by atoms with Crippen molar-refractivity contribution in [2.24, 2.45) is 0 Å². The average Bonchev–Trinajstić information content (AvgIpc) is 2.74. The molecule has 3 rings (SSSR count). The zero-order valence-electron chi connectivity index (χ0n) is 16.9. The number of anilines is 2. The fraction of sp³-hybridized carbons (Fsp3) is 0.364. The summed E-state index contributed by atoms with van der Waals surface area (Å²) in [7, 11) is 1.36. The highest BCUT2D eigenvalue weighted by Gasteiger charge is 2.31. The second-order valence-corrected chi connectivity index (χ2v) is 7.22. The first kappa shape index (κ1) is 20.8. The van der Waals surface area contributed by atoms with Crippen LogP contribution in [-0.2, 0) is 9.53 Å². The first-order valence-corrected chi connectivity index (χ1v) is 9.65. The highest BCUT2D eigenvalue weighted by Crippen LogP contribution is 2.22. The van der Waals surface area contributed by atoms with Crippen LogP contribution in [0.2, 0.25) is 0 Å². The smallest absolute Gasteiger partial charge is 0.337 e. The predicted molar refractivity (Wildman–Crippen MR) is 111 cm³/mol. The number of piperazine rings is 1. The Hall–Kier alpha value is -2.93. The van der Waals surface area contributed by atoms with Crippen molar-refractivity contribution in [3.05, 3.63) is 59.9 Å². The Morgan fingerprint density at radius 3 is 2.45 bits per heavy atom. The van der Waals surface area contributed by atoms with Gasteiger partial charge < -0.3 is 15.0 Å². The molecule has 0 spiro atoms. The third kappa shape index (κ3) is 4.74. The van der Waals surface area contributed by atoms with Crippen molar-refractivity contribution in [2.45, 2.75) is 25.9 Å². The van der Waals surface area contributed by atoms with Crippen molar-refractivity contribution >= 4 is 23.3 Å². The molecule has 1 amide bonds. The number of carbonyl (C=O) groups is 2. The minimum absolute atomic E-state index is 0.130. The molecule has 6 nitrogen and oxygen atoms in total. The highest BCUT2D eigenvalue weighted by molar-refractivity contribution is 5.94. The van der Waals surface area contributed by atoms with Crippen LogP contribution in [0.1, 0.15) is 24.2 Å². The summed E-state index contributed by atoms with van der Waals surface area (Å²) in [5, 5.41) is 2.68. The van der Waals surface area contributed by atoms with Crippen molar-refractivity contribution in [3.63, 3.8) is 0 Å². The number of nitrogens with one attached hydrogen (secondary N) is 1. The molecule has 0 aliphatic carbocycles. The number of ether oxygens (including phenoxy) is 1. The minimum Gasteiger partial charge on any atom is -0.465 e. The van der Waals surface area contributed by atoms with Gasteiger partial charge in [0.15, 0.2) is 0 Å². The zero-order valence-corrected chi connectivity index (χ0v) is 16.9. The Labute approximate surface area is 170 Å². The summed E-state index contributed by atoms with van der Waals surface area (Å²) in [6.07, 6.45) is 0. The molecular weight excluding hydrogens is 373 g/mol. The molecule has 0 saturated carbocycles. The van der Waals surface area contributed by atoms with E-state index >= 15 is 0 Å². The van der Waals surface area contributed by atoms with Gasteiger partial charge in [-0.1, -0.05) is 12.1 Å². The number of rotatable bonds is 5. The fourth-order valence-electron chi connectivity index (χ4n) is 3.66. The molecule has 0 bridgehead atoms. The fourth-order valence-corrected chi connectivity index (χ4v) is 3.66. The third-order valence-electron chi connectivity index (χ3n) is 5.34. The molecule has 1 aliphatic heterocycles. The van der Waals surface area contributed by atoms with Crippen molar-refractivity contribution < 1.29 is 18.7 Å². The van der Waals surface area contributed by atoms with E-state index in [2.05, 4.69) is 22.0 Å². The van der Waals surface area contributed by atoms with Gasteiger partial charge in [-0.2, -0.15) is 0 Å². The molecule has 1 fully saturated rings. The Balaban J connectivity index is 1.61. The lowest BCUT2D eigenvalue weighted by Crippen LogP contribution is -2.57. The summed E-state index contributed by atoms with van der Waals surface area (Å²) in [6, 6.07) is 13.2. The van der Waals surface area contributed by atoms with Gasteiger partial charge in [0, 0.05) is 31.4 Å². The molecule has 0 aromatic heterocycles. The summed E-state index contributed by atoms with van der Waals surface area (Å²) in [4.78, 5) is 28.5. The zero-order chi connectivity index (χ0) is 21.0. The lowest BCUT2D eigenvalue weighted by molar-refractivity contribution is -0.121. The van der Waals surface area contributed by atoms with Gasteiger partial charge in [0.05, 0.1) is 24.4 Å². The normalized spacial score (nSPS) is 18.2. The molecule has 1 N–H and O–H groups in total. The number of methoxy groups -OCH3 is 1. The summed E-state index contributed by atoms with van der Waals surface area (Å²) >= 11 is 0. The van der Waals surface area contributed by atoms with Crippen LogP contribution in [0, 0.1) is 5.82 Å². The van der Waals surface area contributed by atoms with Crippen LogP contribution in [0.25, 0.3) is 0 Å². The standard InChI is InChI=1S/C22H26FN3O3/c1-15-14-25(18-10-8-17(9-11-18)22(28)29-3)12-13-26(15)16(2)21(27)24-20-7-5-4-6-19(20)23/h4-11,15-16H,12-14H2,1-3H3,(H,24,27). The summed E-state index contributed by atoms with van der Waals surface area (Å²) in [6.45, 7) is 6.11. The van der Waals surface area contributed by atoms with Gasteiger partial charge >= 0.3 is 5.97 Å². The maximum atomic E-state index is 13.8. The van der Waals surface area contributed by atoms with E-state index in [9.17, 15) is 14.0 Å². The molecule has 2 atom stereocenters. The molecule has 7 heteroatoms. The maximum absolute atomic E-state index is 13.8. The number of nitrogens with zero attached hydrogens (tertiary/aromatic N) is 2. The number of esters is 1. The van der Waals surface area contributed by atoms with Gasteiger partial charge in [-0.15, -0.1) is 0 Å². The van der Waals surface area contributed by atoms with E-state index in [0.717, 1.165) is 18.8 Å². The van der Waals surface area contributed by atoms with E-state index in [-0.39, 0.29) is 29.6 Å². The van der Waals surface area contributed by atoms with E-state index in [4.69, 9.17) is 4.74 Å². The van der Waals surface area contributed by atoms with Gasteiger partial charge in [0.25, 0.3) is 0 Å². The van der Waals surface area contributed by atoms with Gasteiger partial charge in [0.1, 0.15) is 5.82 Å². The van der Waals surface area contributed by atoms with Gasteiger partial charge in [-0.3, -0.25) is 9.69 Å². The molecule has 1 heterocycles. The number of carbonyl (C=O) groups excluding carboxylic acids is 2. The summed E-state index contributed by atoms with van der Waals surface area (Å²) < 4.78 is 18.5. The van der Waals surface area contributed by atoms with E-state index < -0.39 is 5.82 Å². The van der Waals surface area contributed by atoms with Gasteiger partial charge in [-0.05, 0) is 50.2 Å². The molecule has 1 saturated heterocycles. The molecule has 1 aliphatic rings. The van der Waals surface area contributed by atoms with Crippen LogP contribution in [0.4, 0.5) is 15.8 Å². The molecule has 2 unspecified atom stereocenters. The summed E-state index contributed by atoms with van der Waals surface area (Å²) in [5.41, 5.74) is 1.73. The second kappa shape index (κ2) is 9.05. The van der Waals surface area contributed by atoms with Crippen LogP contribution < -0.4 is 10.2 Å². The second-order valence-electron chi connectivity index (χ2n) is 7.22. The topological polar surface area (TPSA) is 61.9 Å². The van der Waals surface area contributed by atoms with Crippen LogP contribution >= 0.6 is 0 Å². The monoisotopic (exact) mass is 399 g/mol. The maximum Gasteiger partial charge on any atom is 0.337 e. The van der Waals surface area contributed by atoms with Crippen LogP contribution in [0.15, 0.2) is 48.5 Å². The van der Waals surface area contributed by atoms with Crippen molar-refractivity contribution in [1.82, 2.24) is 4.90 Å². The number of hydrogen-bond donors (Lipinski definition) is 1. The lowest BCUT2D eigenvalue weighted by Gasteiger charge is -2.43. The number of halogens is 1. The van der Waals surface area contributed by atoms with E-state index in [1.54, 1.807) is 30.3 Å². The van der Waals surface area contributed by atoms with Crippen molar-refractivity contribution in [1.29, 1.82) is 0 Å². The van der Waals surface area contributed by atoms with Crippen LogP contribution in [0.3, 0.4) is 0 Å². The SMILES string of the molecule is COC(=O)c1ccc(N2CCN(C(C)C(=O)Nc3ccccc3F)C(C)C2)cc1. The average molecular weight is 399 g/mol. The molecule has 0 radical (unpaired) electrons. The van der Waals surface area contributed by atoms with Gasteiger partial charge in [-0.25, -0.2) is 9.18 Å². The third-order valence-corrected chi connectivity index (χ3v) is 5.34. The van der Waals surface area contributed by atoms with Crippen molar-refractivity contribution in [2.75, 3.05) is 37.0 Å². The first-order chi connectivity index (χ1) is 13.9. The van der Waals surface area contributed by atoms with Gasteiger partial charge in [0.2, 0.25) is 5.91 Å². The molecule has 154 valence electrons. The number of para-hydroxylation sites is 1. The van der Waals surface area contributed by atoms with Crippen molar-refractivity contribution in [3.8, 4) is 0 Å². The predicted octanol–water partition coefficient (Wildman–Crippen LogP) is 3.15. The van der Waals surface area contributed by atoms with E-state index in [0.29, 0.717) is 12.1 Å². The first-order valence-electron chi connectivity index (χ1n) is 9.65. The number of benzene rings is 2. The minimum atomic E-state index is -0.443. The Morgan fingerprint density at radius 2 is 1.83 bits per heavy atom. The number of hydrogen-bond acceptors (Lipinski definition) is 5. The molecule has 29 heavy (non-hydrogen) atoms. The Kier molecular flexibility index (Phi) is 6.49. The van der Waals surface area contributed by atoms with E-state index in [1.807, 2.05) is 19.1 Å². The lowest BCUT2D eigenvalue weighted by atomic mass is 10.1. The quantitative estimate of drug-likeness (QED) is 0.783. The van der Waals surface area contributed by atoms with Crippen LogP contribution in [0.5, 0.6) is 0 Å². The molecule has 2 aromatic rings. The number of amides is 1. The highest BCUT2D eigenvalue weighted by atomic mass is 19.1. The Morgan fingerprint density at radius 1 is 1.14 bits per heavy atom. The van der Waals surface area contributed by atoms with Crippen LogP contribution in [-0.4, -0.2) is 55.6 Å². The molecule has 2 aromatic carbocycles. The largest absolute Gasteiger partial charge is 0.465 e.